The van der Waals surface area contributed by atoms with Gasteiger partial charge in [-0.15, -0.1) is 0 Å². The highest BCUT2D eigenvalue weighted by Gasteiger charge is 2.63. The van der Waals surface area contributed by atoms with Crippen molar-refractivity contribution in [1.29, 1.82) is 0 Å². The molecule has 0 radical (unpaired) electrons. The van der Waals surface area contributed by atoms with Crippen LogP contribution in [0.4, 0.5) is 18.9 Å². The number of aliphatic hydroxyl groups excluding tert-OH is 2. The molecule has 4 rings (SSSR count). The lowest BCUT2D eigenvalue weighted by Crippen LogP contribution is -2.63. The summed E-state index contributed by atoms with van der Waals surface area (Å²) in [6.45, 7) is -1.40. The van der Waals surface area contributed by atoms with Crippen LogP contribution in [-0.2, 0) is 22.6 Å². The molecule has 0 unspecified atom stereocenters. The molecule has 1 aromatic rings. The molecular formula is C27H33F3N4O7. The second-order valence-corrected chi connectivity index (χ2v) is 11.4. The van der Waals surface area contributed by atoms with Crippen LogP contribution < -0.4 is 10.6 Å². The Bertz CT molecular complexity index is 1400. The number of nitrogens with two attached hydrogens (primary N) is 1. The smallest absolute Gasteiger partial charge is 0.401 e. The topological polar surface area (TPSA) is 168 Å². The molecule has 3 aliphatic carbocycles. The van der Waals surface area contributed by atoms with Crippen LogP contribution in [0.1, 0.15) is 27.9 Å². The number of fused-ring (bicyclic) bond motifs is 3. The number of rotatable bonds is 6. The highest BCUT2D eigenvalue weighted by molar-refractivity contribution is 6.24. The van der Waals surface area contributed by atoms with E-state index in [0.29, 0.717) is 16.8 Å². The molecule has 41 heavy (non-hydrogen) atoms. The summed E-state index contributed by atoms with van der Waals surface area (Å²) < 4.78 is 39.0. The zero-order chi connectivity index (χ0) is 30.9. The molecule has 14 heteroatoms. The van der Waals surface area contributed by atoms with E-state index in [9.17, 15) is 48.0 Å². The number of alkyl halides is 3. The third-order valence-corrected chi connectivity index (χ3v) is 8.11. The second kappa shape index (κ2) is 10.0. The van der Waals surface area contributed by atoms with Gasteiger partial charge in [0.25, 0.3) is 5.91 Å². The van der Waals surface area contributed by atoms with Crippen LogP contribution in [0.5, 0.6) is 5.75 Å². The van der Waals surface area contributed by atoms with Gasteiger partial charge in [0.15, 0.2) is 11.4 Å². The number of halogens is 3. The number of nitrogens with zero attached hydrogens (tertiary/aromatic N) is 3. The number of aliphatic hydroxyl groups is 3. The van der Waals surface area contributed by atoms with Crippen LogP contribution in [-0.4, -0.2) is 107 Å². The summed E-state index contributed by atoms with van der Waals surface area (Å²) in [4.78, 5) is 43.4. The van der Waals surface area contributed by atoms with Gasteiger partial charge in [-0.2, -0.15) is 13.2 Å². The van der Waals surface area contributed by atoms with Crippen molar-refractivity contribution in [3.8, 4) is 5.75 Å². The Morgan fingerprint density at radius 3 is 2.24 bits per heavy atom. The maximum atomic E-state index is 13.9. The summed E-state index contributed by atoms with van der Waals surface area (Å²) in [5, 5.41) is 44.8. The molecule has 1 amide bonds. The average molecular weight is 583 g/mol. The molecule has 0 heterocycles. The number of anilines is 1. The molecule has 0 aromatic heterocycles. The van der Waals surface area contributed by atoms with E-state index in [-0.39, 0.29) is 30.5 Å². The Hall–Kier alpha value is -3.62. The zero-order valence-electron chi connectivity index (χ0n) is 23.2. The number of Topliss-reactive ketones (excluding diaryl/α,β-unsaturated/α-hetero) is 2. The van der Waals surface area contributed by atoms with Gasteiger partial charge in [-0.3, -0.25) is 24.2 Å². The number of carbonyl (C=O) groups is 3. The lowest BCUT2D eigenvalue weighted by molar-refractivity contribution is -0.148. The van der Waals surface area contributed by atoms with Gasteiger partial charge in [-0.25, -0.2) is 0 Å². The third kappa shape index (κ3) is 4.73. The van der Waals surface area contributed by atoms with Gasteiger partial charge in [-0.1, -0.05) is 0 Å². The van der Waals surface area contributed by atoms with E-state index >= 15 is 0 Å². The van der Waals surface area contributed by atoms with Gasteiger partial charge < -0.3 is 31.1 Å². The summed E-state index contributed by atoms with van der Waals surface area (Å²) in [5.41, 5.74) is 2.24. The lowest BCUT2D eigenvalue weighted by Gasteiger charge is -2.50. The van der Waals surface area contributed by atoms with Crippen LogP contribution in [0, 0.1) is 11.8 Å². The molecule has 224 valence electrons. The molecule has 0 aliphatic heterocycles. The highest BCUT2D eigenvalue weighted by Crippen LogP contribution is 2.53. The predicted molar refractivity (Wildman–Crippen MR) is 140 cm³/mol. The predicted octanol–water partition coefficient (Wildman–Crippen LogP) is 1.18. The number of ketones is 2. The number of phenolic OH excluding ortho intramolecular Hbond substituents is 1. The molecule has 4 atom stereocenters. The van der Waals surface area contributed by atoms with Gasteiger partial charge >= 0.3 is 6.18 Å². The number of amides is 1. The first-order chi connectivity index (χ1) is 18.8. The normalized spacial score (nSPS) is 26.4. The standard InChI is InChI=1S/C27H33F3N4O7/c1-32(2)19-12(9-34(5)10-26(28,29)30)8-15(35)17-13(19)6-11-7-14-20(33(3)4)22(37)18(25(31)40)24(39)27(14,41)23(38)16(11)21(17)36/h8,11,14,20,35,37-38,41H,6-7,9-10H2,1-5H3,(H2,31,40)/t11-,14-,20-,27-/m0/s1. The summed E-state index contributed by atoms with van der Waals surface area (Å²) in [7, 11) is 7.61. The average Bonchev–Trinajstić information content (AvgIpc) is 2.79. The molecule has 0 bridgehead atoms. The molecule has 11 nitrogen and oxygen atoms in total. The van der Waals surface area contributed by atoms with E-state index in [0.717, 1.165) is 4.90 Å². The third-order valence-electron chi connectivity index (χ3n) is 8.11. The molecular weight excluding hydrogens is 549 g/mol. The Morgan fingerprint density at radius 1 is 1.12 bits per heavy atom. The molecule has 0 saturated heterocycles. The fourth-order valence-corrected chi connectivity index (χ4v) is 6.70. The monoisotopic (exact) mass is 582 g/mol. The molecule has 0 spiro atoms. The summed E-state index contributed by atoms with van der Waals surface area (Å²) in [6.07, 6.45) is -4.53. The van der Waals surface area contributed by atoms with Crippen LogP contribution in [0.25, 0.3) is 0 Å². The minimum Gasteiger partial charge on any atom is -0.510 e. The zero-order valence-corrected chi connectivity index (χ0v) is 23.2. The number of hydrogen-bond acceptors (Lipinski definition) is 10. The number of aromatic hydroxyl groups is 1. The maximum absolute atomic E-state index is 13.9. The number of phenols is 1. The van der Waals surface area contributed by atoms with Crippen molar-refractivity contribution in [2.45, 2.75) is 37.2 Å². The Kier molecular flexibility index (Phi) is 7.42. The number of allylic oxidation sites excluding steroid dienone is 1. The minimum absolute atomic E-state index is 0.0203. The van der Waals surface area contributed by atoms with Crippen molar-refractivity contribution in [2.24, 2.45) is 17.6 Å². The van der Waals surface area contributed by atoms with Crippen LogP contribution in [0.2, 0.25) is 0 Å². The van der Waals surface area contributed by atoms with E-state index in [2.05, 4.69) is 0 Å². The van der Waals surface area contributed by atoms with Crippen molar-refractivity contribution in [2.75, 3.05) is 46.7 Å². The van der Waals surface area contributed by atoms with Gasteiger partial charge in [0.05, 0.1) is 18.2 Å². The Morgan fingerprint density at radius 2 is 1.73 bits per heavy atom. The fraction of sp³-hybridized carbons (Fsp3) is 0.519. The van der Waals surface area contributed by atoms with Crippen molar-refractivity contribution in [1.82, 2.24) is 9.80 Å². The fourth-order valence-electron chi connectivity index (χ4n) is 6.70. The van der Waals surface area contributed by atoms with Gasteiger partial charge in [0.2, 0.25) is 5.78 Å². The van der Waals surface area contributed by atoms with E-state index in [1.54, 1.807) is 19.0 Å². The van der Waals surface area contributed by atoms with E-state index < -0.39 is 76.5 Å². The lowest BCUT2D eigenvalue weighted by atomic mass is 9.58. The SMILES string of the molecule is CN(Cc1cc(O)c2c(c1N(C)C)C[C@H]1C[C@H]3[C@H](N(C)C)C(O)=C(C(N)=O)C(=O)[C@@]3(O)C(O)=C1C2=O)CC(F)(F)F. The second-order valence-electron chi connectivity index (χ2n) is 11.4. The number of hydrogen-bond donors (Lipinski definition) is 5. The van der Waals surface area contributed by atoms with Gasteiger partial charge in [0.1, 0.15) is 22.8 Å². The van der Waals surface area contributed by atoms with Crippen LogP contribution >= 0.6 is 0 Å². The quantitative estimate of drug-likeness (QED) is 0.307. The number of likely N-dealkylation sites (N-methyl/N-ethyl adjacent to an activating group) is 1. The number of primary amides is 1. The summed E-state index contributed by atoms with van der Waals surface area (Å²) in [6, 6.07) is 0.0567. The first-order valence-corrected chi connectivity index (χ1v) is 12.8. The largest absolute Gasteiger partial charge is 0.510 e. The molecule has 0 saturated carbocycles. The van der Waals surface area contributed by atoms with E-state index in [1.807, 2.05) is 0 Å². The summed E-state index contributed by atoms with van der Waals surface area (Å²) in [5.74, 6) is -7.72. The Balaban J connectivity index is 1.90. The number of benzene rings is 1. The van der Waals surface area contributed by atoms with Crippen molar-refractivity contribution < 1.29 is 48.0 Å². The molecule has 6 N–H and O–H groups in total. The maximum Gasteiger partial charge on any atom is 0.401 e. The Labute approximate surface area is 233 Å². The molecule has 0 fully saturated rings. The van der Waals surface area contributed by atoms with Gasteiger partial charge in [-0.05, 0) is 57.1 Å². The molecule has 1 aromatic carbocycles. The first kappa shape index (κ1) is 30.3. The summed E-state index contributed by atoms with van der Waals surface area (Å²) >= 11 is 0. The van der Waals surface area contributed by atoms with E-state index in [1.165, 1.54) is 32.1 Å². The van der Waals surface area contributed by atoms with Gasteiger partial charge in [0, 0.05) is 37.8 Å². The van der Waals surface area contributed by atoms with Crippen molar-refractivity contribution in [3.63, 3.8) is 0 Å². The van der Waals surface area contributed by atoms with Crippen LogP contribution in [0.15, 0.2) is 28.7 Å². The first-order valence-electron chi connectivity index (χ1n) is 12.8. The van der Waals surface area contributed by atoms with Crippen molar-refractivity contribution in [3.05, 3.63) is 45.4 Å². The minimum atomic E-state index is -4.45. The number of carbonyl (C=O) groups excluding carboxylic acids is 3. The molecule has 3 aliphatic rings. The van der Waals surface area contributed by atoms with E-state index in [4.69, 9.17) is 5.73 Å². The van der Waals surface area contributed by atoms with Crippen molar-refractivity contribution >= 4 is 23.2 Å². The van der Waals surface area contributed by atoms with Crippen LogP contribution in [0.3, 0.4) is 0 Å². The highest BCUT2D eigenvalue weighted by atomic mass is 19.4.